The lowest BCUT2D eigenvalue weighted by Gasteiger charge is -2.27. The SMILES string of the molecule is CCOC(OCC)c1cn(C2OC(COP(=O)(O)O)C(O)[C@@]2(C)O)c2ncnc(N)c12. The van der Waals surface area contributed by atoms with E-state index < -0.39 is 44.8 Å². The minimum absolute atomic E-state index is 0.155. The molecular formula is C17H27N4O9P. The summed E-state index contributed by atoms with van der Waals surface area (Å²) in [5, 5.41) is 21.9. The fourth-order valence-electron chi connectivity index (χ4n) is 3.57. The van der Waals surface area contributed by atoms with Gasteiger partial charge in [-0.3, -0.25) is 4.52 Å². The van der Waals surface area contributed by atoms with E-state index in [1.807, 2.05) is 0 Å². The molecule has 3 rings (SSSR count). The number of aromatic nitrogens is 3. The predicted octanol–water partition coefficient (Wildman–Crippen LogP) is 0.204. The van der Waals surface area contributed by atoms with Crippen LogP contribution in [0, 0.1) is 0 Å². The van der Waals surface area contributed by atoms with Crippen LogP contribution in [0.5, 0.6) is 0 Å². The highest BCUT2D eigenvalue weighted by Crippen LogP contribution is 2.44. The molecule has 3 heterocycles. The summed E-state index contributed by atoms with van der Waals surface area (Å²) in [4.78, 5) is 26.1. The molecule has 4 atom stereocenters. The number of rotatable bonds is 9. The van der Waals surface area contributed by atoms with Crippen LogP contribution in [0.2, 0.25) is 0 Å². The van der Waals surface area contributed by atoms with Crippen LogP contribution < -0.4 is 5.73 Å². The van der Waals surface area contributed by atoms with Gasteiger partial charge >= 0.3 is 7.82 Å². The van der Waals surface area contributed by atoms with Gasteiger partial charge in [-0.15, -0.1) is 0 Å². The van der Waals surface area contributed by atoms with Gasteiger partial charge in [0.05, 0.1) is 12.0 Å². The molecule has 174 valence electrons. The molecule has 2 aromatic rings. The largest absolute Gasteiger partial charge is 0.469 e. The van der Waals surface area contributed by atoms with Gasteiger partial charge in [0, 0.05) is 25.0 Å². The monoisotopic (exact) mass is 462 g/mol. The third-order valence-electron chi connectivity index (χ3n) is 4.97. The van der Waals surface area contributed by atoms with Crippen LogP contribution in [0.3, 0.4) is 0 Å². The minimum Gasteiger partial charge on any atom is -0.387 e. The molecule has 0 saturated carbocycles. The fraction of sp³-hybridized carbons (Fsp3) is 0.647. The number of nitrogens with zero attached hydrogens (tertiary/aromatic N) is 3. The number of hydrogen-bond donors (Lipinski definition) is 5. The van der Waals surface area contributed by atoms with Crippen molar-refractivity contribution < 1.29 is 43.3 Å². The Balaban J connectivity index is 2.06. The van der Waals surface area contributed by atoms with Gasteiger partial charge in [-0.2, -0.15) is 0 Å². The smallest absolute Gasteiger partial charge is 0.387 e. The first-order valence-electron chi connectivity index (χ1n) is 9.61. The normalized spacial score (nSPS) is 26.9. The Morgan fingerprint density at radius 1 is 1.32 bits per heavy atom. The third-order valence-corrected chi connectivity index (χ3v) is 5.46. The molecule has 0 amide bonds. The first-order valence-corrected chi connectivity index (χ1v) is 11.1. The summed E-state index contributed by atoms with van der Waals surface area (Å²) in [6.07, 6.45) is -1.91. The van der Waals surface area contributed by atoms with Crippen molar-refractivity contribution in [2.45, 2.75) is 51.1 Å². The number of aliphatic hydroxyl groups is 2. The number of nitrogens with two attached hydrogens (primary N) is 1. The van der Waals surface area contributed by atoms with Crippen molar-refractivity contribution in [1.29, 1.82) is 0 Å². The zero-order chi connectivity index (χ0) is 23.0. The Morgan fingerprint density at radius 2 is 1.97 bits per heavy atom. The molecule has 0 aliphatic carbocycles. The highest BCUT2D eigenvalue weighted by molar-refractivity contribution is 7.46. The van der Waals surface area contributed by atoms with Crippen molar-refractivity contribution in [2.24, 2.45) is 0 Å². The molecule has 1 aliphatic rings. The Bertz CT molecular complexity index is 956. The number of nitrogen functional groups attached to an aromatic ring is 1. The van der Waals surface area contributed by atoms with Gasteiger partial charge in [0.2, 0.25) is 0 Å². The van der Waals surface area contributed by atoms with Crippen LogP contribution >= 0.6 is 7.82 Å². The Kier molecular flexibility index (Phi) is 7.01. The van der Waals surface area contributed by atoms with E-state index in [2.05, 4.69) is 14.5 Å². The lowest BCUT2D eigenvalue weighted by Crippen LogP contribution is -2.44. The van der Waals surface area contributed by atoms with Gasteiger partial charge in [0.15, 0.2) is 12.5 Å². The van der Waals surface area contributed by atoms with Crippen LogP contribution in [-0.4, -0.2) is 72.2 Å². The second-order valence-electron chi connectivity index (χ2n) is 7.18. The molecule has 0 radical (unpaired) electrons. The topological polar surface area (TPSA) is 192 Å². The molecular weight excluding hydrogens is 435 g/mol. The third kappa shape index (κ3) is 4.75. The number of fused-ring (bicyclic) bond motifs is 1. The van der Waals surface area contributed by atoms with Crippen LogP contribution in [-0.2, 0) is 23.3 Å². The van der Waals surface area contributed by atoms with Crippen LogP contribution in [0.15, 0.2) is 12.5 Å². The van der Waals surface area contributed by atoms with E-state index in [1.54, 1.807) is 20.0 Å². The van der Waals surface area contributed by atoms with Crippen LogP contribution in [0.25, 0.3) is 11.0 Å². The molecule has 14 heteroatoms. The number of hydrogen-bond acceptors (Lipinski definition) is 10. The zero-order valence-electron chi connectivity index (χ0n) is 17.3. The maximum atomic E-state index is 11.0. The van der Waals surface area contributed by atoms with Crippen molar-refractivity contribution in [2.75, 3.05) is 25.6 Å². The van der Waals surface area contributed by atoms with Crippen LogP contribution in [0.1, 0.15) is 38.9 Å². The Hall–Kier alpha value is -1.67. The lowest BCUT2D eigenvalue weighted by molar-refractivity contribution is -0.140. The van der Waals surface area contributed by atoms with E-state index in [0.717, 1.165) is 0 Å². The molecule has 31 heavy (non-hydrogen) atoms. The molecule has 1 aliphatic heterocycles. The molecule has 0 spiro atoms. The number of anilines is 1. The molecule has 3 unspecified atom stereocenters. The summed E-state index contributed by atoms with van der Waals surface area (Å²) in [7, 11) is -4.80. The molecule has 0 aromatic carbocycles. The van der Waals surface area contributed by atoms with Gasteiger partial charge in [-0.05, 0) is 20.8 Å². The number of phosphoric acid groups is 1. The number of aliphatic hydroxyl groups excluding tert-OH is 1. The average Bonchev–Trinajstić information content (AvgIpc) is 3.16. The summed E-state index contributed by atoms with van der Waals surface area (Å²) in [5.74, 6) is 0.155. The summed E-state index contributed by atoms with van der Waals surface area (Å²) >= 11 is 0. The lowest BCUT2D eigenvalue weighted by atomic mass is 9.96. The second kappa shape index (κ2) is 9.06. The maximum absolute atomic E-state index is 11.0. The highest BCUT2D eigenvalue weighted by Gasteiger charge is 2.54. The van der Waals surface area contributed by atoms with Crippen molar-refractivity contribution in [1.82, 2.24) is 14.5 Å². The summed E-state index contributed by atoms with van der Waals surface area (Å²) < 4.78 is 34.0. The second-order valence-corrected chi connectivity index (χ2v) is 8.42. The quantitative estimate of drug-likeness (QED) is 0.252. The van der Waals surface area contributed by atoms with E-state index in [1.165, 1.54) is 17.8 Å². The van der Waals surface area contributed by atoms with E-state index >= 15 is 0 Å². The molecule has 1 fully saturated rings. The fourth-order valence-corrected chi connectivity index (χ4v) is 3.92. The predicted molar refractivity (Wildman–Crippen MR) is 106 cm³/mol. The number of phosphoric ester groups is 1. The van der Waals surface area contributed by atoms with Gasteiger partial charge in [-0.1, -0.05) is 0 Å². The standard InChI is InChI=1S/C17H27N4O9P/c1-4-27-15(28-5-2)9-6-21(14-11(9)13(18)19-8-20-14)16-17(3,23)12(22)10(30-16)7-29-31(24,25)26/h6,8,10,12,15-16,22-23H,4-5,7H2,1-3H3,(H2,18,19,20)(H2,24,25,26)/t10?,12?,16?,17-/m1/s1. The Morgan fingerprint density at radius 3 is 2.55 bits per heavy atom. The molecule has 2 aromatic heterocycles. The van der Waals surface area contributed by atoms with Crippen molar-refractivity contribution >= 4 is 24.7 Å². The van der Waals surface area contributed by atoms with Crippen molar-refractivity contribution in [3.63, 3.8) is 0 Å². The molecule has 0 bridgehead atoms. The molecule has 1 saturated heterocycles. The van der Waals surface area contributed by atoms with E-state index in [9.17, 15) is 14.8 Å². The zero-order valence-corrected chi connectivity index (χ0v) is 18.2. The van der Waals surface area contributed by atoms with Gasteiger partial charge in [0.1, 0.15) is 35.6 Å². The van der Waals surface area contributed by atoms with E-state index in [4.69, 9.17) is 29.7 Å². The maximum Gasteiger partial charge on any atom is 0.469 e. The first-order chi connectivity index (χ1) is 14.5. The highest BCUT2D eigenvalue weighted by atomic mass is 31.2. The van der Waals surface area contributed by atoms with Gasteiger partial charge in [0.25, 0.3) is 0 Å². The number of ether oxygens (including phenoxy) is 3. The van der Waals surface area contributed by atoms with Crippen LogP contribution in [0.4, 0.5) is 5.82 Å². The summed E-state index contributed by atoms with van der Waals surface area (Å²) in [5.41, 5.74) is 5.01. The van der Waals surface area contributed by atoms with Crippen molar-refractivity contribution in [3.8, 4) is 0 Å². The minimum atomic E-state index is -4.80. The summed E-state index contributed by atoms with van der Waals surface area (Å²) in [6, 6.07) is 0. The van der Waals surface area contributed by atoms with Crippen molar-refractivity contribution in [3.05, 3.63) is 18.1 Å². The van der Waals surface area contributed by atoms with Gasteiger partial charge in [-0.25, -0.2) is 14.5 Å². The van der Waals surface area contributed by atoms with E-state index in [-0.39, 0.29) is 5.82 Å². The average molecular weight is 462 g/mol. The Labute approximate surface area is 178 Å². The molecule has 6 N–H and O–H groups in total. The van der Waals surface area contributed by atoms with E-state index in [0.29, 0.717) is 29.8 Å². The first kappa shape index (κ1) is 24.0. The molecule has 13 nitrogen and oxygen atoms in total. The summed E-state index contributed by atoms with van der Waals surface area (Å²) in [6.45, 7) is 5.00. The van der Waals surface area contributed by atoms with Gasteiger partial charge < -0.3 is 44.5 Å².